The van der Waals surface area contributed by atoms with E-state index in [4.69, 9.17) is 4.98 Å². The highest BCUT2D eigenvalue weighted by Gasteiger charge is 2.26. The van der Waals surface area contributed by atoms with Crippen LogP contribution in [0.25, 0.3) is 10.2 Å². The molecule has 0 fully saturated rings. The number of anilines is 2. The maximum atomic E-state index is 13.6. The summed E-state index contributed by atoms with van der Waals surface area (Å²) in [5.74, 6) is -1.24. The summed E-state index contributed by atoms with van der Waals surface area (Å²) in [4.78, 5) is 32.8. The predicted octanol–water partition coefficient (Wildman–Crippen LogP) is 4.83. The highest BCUT2D eigenvalue weighted by molar-refractivity contribution is 7.19. The Kier molecular flexibility index (Phi) is 5.36. The lowest BCUT2D eigenvalue weighted by Crippen LogP contribution is -2.27. The number of aryl methyl sites for hydroxylation is 1. The first-order valence-electron chi connectivity index (χ1n) is 10.9. The molecular weight excluding hydrogens is 455 g/mol. The molecule has 4 aromatic rings. The van der Waals surface area contributed by atoms with Crippen molar-refractivity contribution >= 4 is 39.2 Å². The quantitative estimate of drug-likeness (QED) is 0.427. The average molecular weight is 479 g/mol. The number of fused-ring (bicyclic) bond motifs is 2. The van der Waals surface area contributed by atoms with Gasteiger partial charge in [0.1, 0.15) is 10.5 Å². The van der Waals surface area contributed by atoms with Crippen LogP contribution in [0.3, 0.4) is 0 Å². The molecule has 0 bridgehead atoms. The second-order valence-corrected chi connectivity index (χ2v) is 9.74. The molecule has 0 saturated heterocycles. The van der Waals surface area contributed by atoms with Crippen molar-refractivity contribution in [3.63, 3.8) is 0 Å². The molecule has 0 aliphatic carbocycles. The van der Waals surface area contributed by atoms with Crippen LogP contribution in [0.5, 0.6) is 0 Å². The number of carbonyl (C=O) groups is 1. The van der Waals surface area contributed by atoms with Crippen LogP contribution < -0.4 is 15.8 Å². The Morgan fingerprint density at radius 1 is 1.21 bits per heavy atom. The van der Waals surface area contributed by atoms with E-state index < -0.39 is 11.8 Å². The van der Waals surface area contributed by atoms with Crippen molar-refractivity contribution in [2.75, 3.05) is 10.2 Å². The lowest BCUT2D eigenvalue weighted by molar-refractivity contribution is 0.0697. The minimum atomic E-state index is -1.22. The van der Waals surface area contributed by atoms with E-state index in [1.165, 1.54) is 34.6 Å². The third kappa shape index (κ3) is 3.62. The smallest absolute Gasteiger partial charge is 0.337 e. The second-order valence-electron chi connectivity index (χ2n) is 8.51. The topological polar surface area (TPSA) is 87.5 Å². The minimum absolute atomic E-state index is 0.115. The van der Waals surface area contributed by atoms with E-state index in [-0.39, 0.29) is 17.2 Å². The van der Waals surface area contributed by atoms with Crippen LogP contribution in [-0.4, -0.2) is 20.6 Å². The summed E-state index contributed by atoms with van der Waals surface area (Å²) in [7, 11) is 1.74. The number of nitrogens with one attached hydrogen (secondary N) is 1. The molecule has 1 aliphatic rings. The Labute approximate surface area is 199 Å². The van der Waals surface area contributed by atoms with Crippen LogP contribution in [0.2, 0.25) is 0 Å². The van der Waals surface area contributed by atoms with Gasteiger partial charge in [-0.05, 0) is 43.2 Å². The molecule has 1 aliphatic heterocycles. The lowest BCUT2D eigenvalue weighted by atomic mass is 10.1. The van der Waals surface area contributed by atoms with E-state index in [0.29, 0.717) is 34.9 Å². The van der Waals surface area contributed by atoms with Gasteiger partial charge in [-0.3, -0.25) is 9.36 Å². The molecule has 1 unspecified atom stereocenters. The van der Waals surface area contributed by atoms with Crippen molar-refractivity contribution in [1.29, 1.82) is 0 Å². The third-order valence-electron chi connectivity index (χ3n) is 6.26. The van der Waals surface area contributed by atoms with Crippen LogP contribution in [-0.2, 0) is 20.1 Å². The summed E-state index contributed by atoms with van der Waals surface area (Å²) < 4.78 is 15.8. The van der Waals surface area contributed by atoms with Crippen LogP contribution >= 0.6 is 11.3 Å². The Bertz CT molecular complexity index is 1490. The summed E-state index contributed by atoms with van der Waals surface area (Å²) in [6, 6.07) is 11.4. The number of benzene rings is 2. The molecule has 0 spiro atoms. The monoisotopic (exact) mass is 478 g/mol. The summed E-state index contributed by atoms with van der Waals surface area (Å²) in [6.45, 7) is 5.15. The highest BCUT2D eigenvalue weighted by Crippen LogP contribution is 2.36. The van der Waals surface area contributed by atoms with Crippen molar-refractivity contribution < 1.29 is 14.3 Å². The molecule has 2 aromatic carbocycles. The van der Waals surface area contributed by atoms with Crippen molar-refractivity contribution in [2.45, 2.75) is 33.0 Å². The number of carboxylic acids is 1. The molecule has 0 saturated carbocycles. The van der Waals surface area contributed by atoms with E-state index >= 15 is 0 Å². The highest BCUT2D eigenvalue weighted by atomic mass is 32.1. The largest absolute Gasteiger partial charge is 0.478 e. The zero-order chi connectivity index (χ0) is 24.1. The average Bonchev–Trinajstić information content (AvgIpc) is 3.37. The number of carboxylic acid groups (broad SMARTS) is 1. The minimum Gasteiger partial charge on any atom is -0.478 e. The molecule has 0 amide bonds. The zero-order valence-electron chi connectivity index (χ0n) is 18.9. The van der Waals surface area contributed by atoms with Crippen molar-refractivity contribution in [3.8, 4) is 0 Å². The van der Waals surface area contributed by atoms with E-state index in [9.17, 15) is 19.1 Å². The molecule has 34 heavy (non-hydrogen) atoms. The van der Waals surface area contributed by atoms with Gasteiger partial charge in [-0.25, -0.2) is 14.2 Å². The molecule has 174 valence electrons. The number of halogens is 1. The molecule has 2 N–H and O–H groups in total. The van der Waals surface area contributed by atoms with Gasteiger partial charge in [0.25, 0.3) is 5.56 Å². The number of hydrogen-bond donors (Lipinski definition) is 2. The van der Waals surface area contributed by atoms with E-state index in [0.717, 1.165) is 16.5 Å². The van der Waals surface area contributed by atoms with Gasteiger partial charge >= 0.3 is 5.97 Å². The Morgan fingerprint density at radius 2 is 1.88 bits per heavy atom. The fraction of sp³-hybridized carbons (Fsp3) is 0.240. The maximum Gasteiger partial charge on any atom is 0.337 e. The van der Waals surface area contributed by atoms with Crippen LogP contribution in [0, 0.1) is 12.7 Å². The molecule has 1 atom stereocenters. The molecule has 5 rings (SSSR count). The SMILES string of the molecule is Cc1sc2c(=O)n(C)c(N3Cc4ccccc4C3)nc2c1C(C)Nc1ccc(F)cc1C(=O)O. The molecule has 3 heterocycles. The number of aromatic carboxylic acids is 1. The Balaban J connectivity index is 1.57. The van der Waals surface area contributed by atoms with Gasteiger partial charge < -0.3 is 15.3 Å². The Morgan fingerprint density at radius 3 is 2.53 bits per heavy atom. The van der Waals surface area contributed by atoms with E-state index in [1.54, 1.807) is 11.6 Å². The zero-order valence-corrected chi connectivity index (χ0v) is 19.7. The van der Waals surface area contributed by atoms with Crippen LogP contribution in [0.15, 0.2) is 47.3 Å². The number of thiophene rings is 1. The summed E-state index contributed by atoms with van der Waals surface area (Å²) in [5, 5.41) is 12.7. The van der Waals surface area contributed by atoms with Crippen LogP contribution in [0.4, 0.5) is 16.0 Å². The van der Waals surface area contributed by atoms with Gasteiger partial charge in [-0.1, -0.05) is 24.3 Å². The first-order chi connectivity index (χ1) is 16.2. The summed E-state index contributed by atoms with van der Waals surface area (Å²) >= 11 is 1.38. The molecule has 2 aromatic heterocycles. The molecule has 7 nitrogen and oxygen atoms in total. The lowest BCUT2D eigenvalue weighted by Gasteiger charge is -2.21. The second kappa shape index (κ2) is 8.25. The fourth-order valence-corrected chi connectivity index (χ4v) is 5.78. The molecule has 9 heteroatoms. The van der Waals surface area contributed by atoms with Gasteiger partial charge in [-0.15, -0.1) is 11.3 Å². The van der Waals surface area contributed by atoms with Crippen LogP contribution in [0.1, 0.15) is 44.9 Å². The van der Waals surface area contributed by atoms with Gasteiger partial charge in [0.05, 0.1) is 17.1 Å². The summed E-state index contributed by atoms with van der Waals surface area (Å²) in [6.07, 6.45) is 0. The van der Waals surface area contributed by atoms with Gasteiger partial charge in [0, 0.05) is 36.3 Å². The van der Waals surface area contributed by atoms with E-state index in [2.05, 4.69) is 22.3 Å². The third-order valence-corrected chi connectivity index (χ3v) is 7.35. The van der Waals surface area contributed by atoms with Gasteiger partial charge in [0.15, 0.2) is 0 Å². The standard InChI is InChI=1S/C25H23FN4O3S/c1-13(27-19-9-8-17(26)10-18(19)24(32)33)20-14(2)34-22-21(20)28-25(29(3)23(22)31)30-11-15-6-4-5-7-16(15)12-30/h4-10,13,27H,11-12H2,1-3H3,(H,32,33). The first kappa shape index (κ1) is 22.1. The molecule has 0 radical (unpaired) electrons. The van der Waals surface area contributed by atoms with Gasteiger partial charge in [-0.2, -0.15) is 0 Å². The van der Waals surface area contributed by atoms with Crippen molar-refractivity contribution in [3.05, 3.63) is 85.8 Å². The first-order valence-corrected chi connectivity index (χ1v) is 11.7. The maximum absolute atomic E-state index is 13.6. The number of nitrogens with zero attached hydrogens (tertiary/aromatic N) is 3. The normalized spacial score (nSPS) is 13.8. The molecular formula is C25H23FN4O3S. The van der Waals surface area contributed by atoms with Crippen molar-refractivity contribution in [1.82, 2.24) is 9.55 Å². The van der Waals surface area contributed by atoms with Crippen molar-refractivity contribution in [2.24, 2.45) is 7.05 Å². The number of hydrogen-bond acceptors (Lipinski definition) is 6. The fourth-order valence-electron chi connectivity index (χ4n) is 4.61. The van der Waals surface area contributed by atoms with Gasteiger partial charge in [0.2, 0.25) is 5.95 Å². The Hall–Kier alpha value is -3.72. The van der Waals surface area contributed by atoms with E-state index in [1.807, 2.05) is 26.0 Å². The number of rotatable bonds is 5. The predicted molar refractivity (Wildman–Crippen MR) is 131 cm³/mol. The summed E-state index contributed by atoms with van der Waals surface area (Å²) in [5.41, 5.74) is 3.90. The number of aromatic nitrogens is 2.